The molecule has 0 heterocycles. The Bertz CT molecular complexity index is 90.4. The minimum Gasteiger partial charge on any atom is -0.508 e. The van der Waals surface area contributed by atoms with Gasteiger partial charge in [-0.3, -0.25) is 0 Å². The molecule has 0 saturated heterocycles. The third kappa shape index (κ3) is 3.10. The van der Waals surface area contributed by atoms with Crippen molar-refractivity contribution in [1.29, 1.82) is 0 Å². The van der Waals surface area contributed by atoms with Gasteiger partial charge >= 0.3 is 0 Å². The van der Waals surface area contributed by atoms with Gasteiger partial charge in [-0.05, 0) is 26.0 Å². The first-order chi connectivity index (χ1) is 3.31. The van der Waals surface area contributed by atoms with E-state index in [0.29, 0.717) is 5.76 Å². The van der Waals surface area contributed by atoms with Crippen LogP contribution in [-0.2, 0) is 0 Å². The first-order valence-corrected chi connectivity index (χ1v) is 2.29. The molecule has 40 valence electrons. The maximum Gasteiger partial charge on any atom is 0.110 e. The molecular formula is C6H10O. The second kappa shape index (κ2) is 3.47. The van der Waals surface area contributed by atoms with Crippen LogP contribution in [0.4, 0.5) is 0 Å². The Morgan fingerprint density at radius 1 is 1.43 bits per heavy atom. The van der Waals surface area contributed by atoms with Gasteiger partial charge in [0.05, 0.1) is 0 Å². The summed E-state index contributed by atoms with van der Waals surface area (Å²) in [5.74, 6) is 0.322. The smallest absolute Gasteiger partial charge is 0.110 e. The summed E-state index contributed by atoms with van der Waals surface area (Å²) in [6.45, 7) is 3.65. The van der Waals surface area contributed by atoms with E-state index in [0.717, 1.165) is 0 Å². The highest BCUT2D eigenvalue weighted by atomic mass is 16.3. The van der Waals surface area contributed by atoms with Crippen molar-refractivity contribution in [1.82, 2.24) is 0 Å². The Kier molecular flexibility index (Phi) is 3.11. The zero-order valence-electron chi connectivity index (χ0n) is 4.68. The topological polar surface area (TPSA) is 20.2 Å². The van der Waals surface area contributed by atoms with E-state index in [4.69, 9.17) is 5.11 Å². The molecule has 0 aliphatic rings. The molecule has 0 radical (unpaired) electrons. The van der Waals surface area contributed by atoms with Gasteiger partial charge in [0.25, 0.3) is 0 Å². The van der Waals surface area contributed by atoms with E-state index in [9.17, 15) is 0 Å². The van der Waals surface area contributed by atoms with E-state index >= 15 is 0 Å². The van der Waals surface area contributed by atoms with Crippen LogP contribution in [0, 0.1) is 0 Å². The van der Waals surface area contributed by atoms with Crippen LogP contribution < -0.4 is 0 Å². The summed E-state index contributed by atoms with van der Waals surface area (Å²) in [5, 5.41) is 8.63. The van der Waals surface area contributed by atoms with E-state index in [1.54, 1.807) is 25.2 Å². The van der Waals surface area contributed by atoms with Gasteiger partial charge in [0, 0.05) is 0 Å². The molecule has 0 amide bonds. The van der Waals surface area contributed by atoms with Crippen LogP contribution in [0.25, 0.3) is 0 Å². The minimum atomic E-state index is 0.322. The van der Waals surface area contributed by atoms with Crippen molar-refractivity contribution >= 4 is 0 Å². The van der Waals surface area contributed by atoms with Gasteiger partial charge in [0.15, 0.2) is 0 Å². The van der Waals surface area contributed by atoms with Crippen molar-refractivity contribution in [2.75, 3.05) is 0 Å². The summed E-state index contributed by atoms with van der Waals surface area (Å²) in [6.07, 6.45) is 5.06. The Labute approximate surface area is 44.0 Å². The lowest BCUT2D eigenvalue weighted by atomic mass is 10.4. The van der Waals surface area contributed by atoms with Crippen LogP contribution in [0.5, 0.6) is 0 Å². The molecule has 7 heavy (non-hydrogen) atoms. The highest BCUT2D eigenvalue weighted by Crippen LogP contribution is 1.86. The zero-order valence-corrected chi connectivity index (χ0v) is 4.68. The maximum atomic E-state index is 8.63. The van der Waals surface area contributed by atoms with E-state index < -0.39 is 0 Å². The molecule has 0 aromatic carbocycles. The molecule has 1 heteroatoms. The monoisotopic (exact) mass is 98.1 g/mol. The standard InChI is InChI=1S/C6H10O/c1-3-5-6(7)4-2/h3-5,7H,1-2H3/b5-3?,6-4+. The van der Waals surface area contributed by atoms with Crippen molar-refractivity contribution in [2.45, 2.75) is 13.8 Å². The average molecular weight is 98.1 g/mol. The second-order valence-corrected chi connectivity index (χ2v) is 1.21. The number of hydrogen-bond acceptors (Lipinski definition) is 1. The van der Waals surface area contributed by atoms with Crippen molar-refractivity contribution in [2.24, 2.45) is 0 Å². The van der Waals surface area contributed by atoms with E-state index in [1.165, 1.54) is 0 Å². The molecule has 0 unspecified atom stereocenters. The van der Waals surface area contributed by atoms with Crippen LogP contribution in [-0.4, -0.2) is 5.11 Å². The molecule has 0 atom stereocenters. The van der Waals surface area contributed by atoms with E-state index in [1.807, 2.05) is 6.92 Å². The predicted octanol–water partition coefficient (Wildman–Crippen LogP) is 2.02. The van der Waals surface area contributed by atoms with Crippen LogP contribution in [0.15, 0.2) is 24.0 Å². The maximum absolute atomic E-state index is 8.63. The second-order valence-electron chi connectivity index (χ2n) is 1.21. The molecule has 0 saturated carbocycles. The molecule has 0 aromatic heterocycles. The molecule has 0 rings (SSSR count). The summed E-state index contributed by atoms with van der Waals surface area (Å²) in [7, 11) is 0. The van der Waals surface area contributed by atoms with Gasteiger partial charge in [-0.15, -0.1) is 0 Å². The quantitative estimate of drug-likeness (QED) is 0.393. The fraction of sp³-hybridized carbons (Fsp3) is 0.333. The van der Waals surface area contributed by atoms with Gasteiger partial charge in [-0.2, -0.15) is 0 Å². The van der Waals surface area contributed by atoms with Gasteiger partial charge in [0.1, 0.15) is 5.76 Å². The number of rotatable bonds is 1. The minimum absolute atomic E-state index is 0.322. The Balaban J connectivity index is 3.58. The van der Waals surface area contributed by atoms with E-state index in [2.05, 4.69) is 0 Å². The molecule has 1 nitrogen and oxygen atoms in total. The van der Waals surface area contributed by atoms with Gasteiger partial charge in [-0.1, -0.05) is 6.08 Å². The molecule has 0 spiro atoms. The van der Waals surface area contributed by atoms with Gasteiger partial charge in [-0.25, -0.2) is 0 Å². The lowest BCUT2D eigenvalue weighted by Crippen LogP contribution is -1.67. The highest BCUT2D eigenvalue weighted by molar-refractivity contribution is 5.07. The largest absolute Gasteiger partial charge is 0.508 e. The molecule has 0 aromatic rings. The van der Waals surface area contributed by atoms with Crippen molar-refractivity contribution in [3.05, 3.63) is 24.0 Å². The van der Waals surface area contributed by atoms with Crippen LogP contribution in [0.3, 0.4) is 0 Å². The summed E-state index contributed by atoms with van der Waals surface area (Å²) < 4.78 is 0. The normalized spacial score (nSPS) is 13.1. The first-order valence-electron chi connectivity index (χ1n) is 2.29. The summed E-state index contributed by atoms with van der Waals surface area (Å²) >= 11 is 0. The van der Waals surface area contributed by atoms with Crippen LogP contribution in [0.2, 0.25) is 0 Å². The molecule has 1 N–H and O–H groups in total. The molecular weight excluding hydrogens is 88.1 g/mol. The van der Waals surface area contributed by atoms with Crippen molar-refractivity contribution < 1.29 is 5.11 Å². The Morgan fingerprint density at radius 2 is 2.00 bits per heavy atom. The lowest BCUT2D eigenvalue weighted by Gasteiger charge is -1.81. The molecule has 0 fully saturated rings. The summed E-state index contributed by atoms with van der Waals surface area (Å²) in [4.78, 5) is 0. The van der Waals surface area contributed by atoms with E-state index in [-0.39, 0.29) is 0 Å². The van der Waals surface area contributed by atoms with Gasteiger partial charge in [0.2, 0.25) is 0 Å². The van der Waals surface area contributed by atoms with Crippen LogP contribution in [0.1, 0.15) is 13.8 Å². The fourth-order valence-electron chi connectivity index (χ4n) is 0.267. The summed E-state index contributed by atoms with van der Waals surface area (Å²) in [5.41, 5.74) is 0. The number of aliphatic hydroxyl groups is 1. The third-order valence-corrected chi connectivity index (χ3v) is 0.633. The first kappa shape index (κ1) is 6.28. The molecule has 0 aliphatic heterocycles. The highest BCUT2D eigenvalue weighted by Gasteiger charge is 1.72. The van der Waals surface area contributed by atoms with Crippen molar-refractivity contribution in [3.8, 4) is 0 Å². The summed E-state index contributed by atoms with van der Waals surface area (Å²) in [6, 6.07) is 0. The predicted molar refractivity (Wildman–Crippen MR) is 31.2 cm³/mol. The number of hydrogen-bond donors (Lipinski definition) is 1. The molecule has 0 bridgehead atoms. The van der Waals surface area contributed by atoms with Crippen molar-refractivity contribution in [3.63, 3.8) is 0 Å². The Hall–Kier alpha value is -0.720. The SMILES string of the molecule is CC=C/C(O)=C\C. The lowest BCUT2D eigenvalue weighted by molar-refractivity contribution is 0.431. The Morgan fingerprint density at radius 3 is 2.14 bits per heavy atom. The van der Waals surface area contributed by atoms with Crippen LogP contribution >= 0.6 is 0 Å². The third-order valence-electron chi connectivity index (χ3n) is 0.633. The van der Waals surface area contributed by atoms with Gasteiger partial charge < -0.3 is 5.11 Å². The number of allylic oxidation sites excluding steroid dienone is 3. The average Bonchev–Trinajstić information content (AvgIpc) is 1.68. The fourth-order valence-corrected chi connectivity index (χ4v) is 0.267. The number of aliphatic hydroxyl groups excluding tert-OH is 1. The zero-order chi connectivity index (χ0) is 5.70. The molecule has 0 aliphatic carbocycles.